The van der Waals surface area contributed by atoms with Crippen molar-refractivity contribution in [3.8, 4) is 5.75 Å². The van der Waals surface area contributed by atoms with Crippen molar-refractivity contribution in [2.24, 2.45) is 4.99 Å². The van der Waals surface area contributed by atoms with Crippen LogP contribution in [0.5, 0.6) is 5.75 Å². The van der Waals surface area contributed by atoms with Gasteiger partial charge in [-0.1, -0.05) is 12.1 Å². The first-order chi connectivity index (χ1) is 11.8. The van der Waals surface area contributed by atoms with Gasteiger partial charge in [0.2, 0.25) is 0 Å². The molecule has 0 aliphatic heterocycles. The van der Waals surface area contributed by atoms with E-state index in [1.54, 1.807) is 7.11 Å². The van der Waals surface area contributed by atoms with Crippen LogP contribution in [0.15, 0.2) is 29.3 Å². The predicted octanol–water partition coefficient (Wildman–Crippen LogP) is 2.19. The first-order valence-corrected chi connectivity index (χ1v) is 8.60. The van der Waals surface area contributed by atoms with E-state index >= 15 is 0 Å². The van der Waals surface area contributed by atoms with Crippen molar-refractivity contribution >= 4 is 5.96 Å². The number of hydrogen-bond acceptors (Lipinski definition) is 4. The number of aliphatic imine (C=N–C) groups is 1. The van der Waals surface area contributed by atoms with Crippen LogP contribution in [0.3, 0.4) is 0 Å². The highest BCUT2D eigenvalue weighted by atomic mass is 16.5. The van der Waals surface area contributed by atoms with E-state index in [2.05, 4.69) is 15.6 Å². The third-order valence-corrected chi connectivity index (χ3v) is 3.28. The molecule has 0 heterocycles. The Bertz CT molecular complexity index is 449. The standard InChI is InChI=1S/C18H31N3O3/c1-4-23-13-6-11-19-18(20-12-14-24-5-2)21-15-16-7-9-17(22-3)10-8-16/h7-10H,4-6,11-15H2,1-3H3,(H2,19,20,21). The van der Waals surface area contributed by atoms with Crippen molar-refractivity contribution in [2.45, 2.75) is 26.8 Å². The van der Waals surface area contributed by atoms with Gasteiger partial charge in [0.15, 0.2) is 5.96 Å². The van der Waals surface area contributed by atoms with E-state index < -0.39 is 0 Å². The lowest BCUT2D eigenvalue weighted by molar-refractivity contribution is 0.145. The second-order valence-electron chi connectivity index (χ2n) is 5.11. The molecule has 2 N–H and O–H groups in total. The molecule has 1 aromatic carbocycles. The van der Waals surface area contributed by atoms with Gasteiger partial charge in [-0.25, -0.2) is 4.99 Å². The Kier molecular flexibility index (Phi) is 11.5. The van der Waals surface area contributed by atoms with Crippen LogP contribution < -0.4 is 15.4 Å². The number of benzene rings is 1. The van der Waals surface area contributed by atoms with Gasteiger partial charge in [-0.15, -0.1) is 0 Å². The summed E-state index contributed by atoms with van der Waals surface area (Å²) >= 11 is 0. The summed E-state index contributed by atoms with van der Waals surface area (Å²) in [5.74, 6) is 1.65. The number of nitrogens with zero attached hydrogens (tertiary/aromatic N) is 1. The first-order valence-electron chi connectivity index (χ1n) is 8.60. The van der Waals surface area contributed by atoms with Gasteiger partial charge < -0.3 is 24.8 Å². The molecule has 0 radical (unpaired) electrons. The lowest BCUT2D eigenvalue weighted by atomic mass is 10.2. The molecule has 136 valence electrons. The Balaban J connectivity index is 2.46. The number of methoxy groups -OCH3 is 1. The van der Waals surface area contributed by atoms with Gasteiger partial charge in [-0.2, -0.15) is 0 Å². The van der Waals surface area contributed by atoms with Crippen LogP contribution in [0.2, 0.25) is 0 Å². The number of guanidine groups is 1. The maximum atomic E-state index is 5.35. The molecule has 1 rings (SSSR count). The topological polar surface area (TPSA) is 64.1 Å². The molecule has 0 fully saturated rings. The Hall–Kier alpha value is -1.79. The second-order valence-corrected chi connectivity index (χ2v) is 5.11. The third-order valence-electron chi connectivity index (χ3n) is 3.28. The normalized spacial score (nSPS) is 11.4. The number of rotatable bonds is 12. The van der Waals surface area contributed by atoms with Crippen molar-refractivity contribution < 1.29 is 14.2 Å². The molecule has 0 amide bonds. The highest BCUT2D eigenvalue weighted by Gasteiger charge is 1.99. The molecule has 0 unspecified atom stereocenters. The number of ether oxygens (including phenoxy) is 3. The van der Waals surface area contributed by atoms with Crippen LogP contribution in [-0.4, -0.2) is 52.6 Å². The van der Waals surface area contributed by atoms with Gasteiger partial charge in [0.05, 0.1) is 20.3 Å². The van der Waals surface area contributed by atoms with Crippen molar-refractivity contribution in [1.29, 1.82) is 0 Å². The van der Waals surface area contributed by atoms with Crippen LogP contribution in [0.4, 0.5) is 0 Å². The van der Waals surface area contributed by atoms with Gasteiger partial charge in [0.25, 0.3) is 0 Å². The van der Waals surface area contributed by atoms with Crippen molar-refractivity contribution in [2.75, 3.05) is 46.6 Å². The van der Waals surface area contributed by atoms with Gasteiger partial charge in [0.1, 0.15) is 5.75 Å². The van der Waals surface area contributed by atoms with E-state index in [4.69, 9.17) is 14.2 Å². The monoisotopic (exact) mass is 337 g/mol. The molecule has 0 aromatic heterocycles. The second kappa shape index (κ2) is 13.6. The summed E-state index contributed by atoms with van der Waals surface area (Å²) in [6.45, 7) is 9.06. The molecule has 0 spiro atoms. The molecular weight excluding hydrogens is 306 g/mol. The molecule has 6 heteroatoms. The largest absolute Gasteiger partial charge is 0.497 e. The maximum Gasteiger partial charge on any atom is 0.191 e. The maximum absolute atomic E-state index is 5.35. The minimum Gasteiger partial charge on any atom is -0.497 e. The molecule has 1 aromatic rings. The lowest BCUT2D eigenvalue weighted by Gasteiger charge is -2.13. The van der Waals surface area contributed by atoms with E-state index in [1.807, 2.05) is 38.1 Å². The Morgan fingerprint density at radius 3 is 2.29 bits per heavy atom. The molecule has 0 aliphatic rings. The summed E-state index contributed by atoms with van der Waals surface area (Å²) in [6.07, 6.45) is 0.947. The Morgan fingerprint density at radius 1 is 0.958 bits per heavy atom. The van der Waals surface area contributed by atoms with Gasteiger partial charge in [-0.3, -0.25) is 0 Å². The van der Waals surface area contributed by atoms with Crippen molar-refractivity contribution in [3.63, 3.8) is 0 Å². The molecule has 0 atom stereocenters. The van der Waals surface area contributed by atoms with Gasteiger partial charge in [0, 0.05) is 32.9 Å². The SMILES string of the molecule is CCOCCCNC(=NCc1ccc(OC)cc1)NCCOCC. The average Bonchev–Trinajstić information content (AvgIpc) is 2.62. The smallest absolute Gasteiger partial charge is 0.191 e. The predicted molar refractivity (Wildman–Crippen MR) is 97.7 cm³/mol. The molecule has 0 saturated heterocycles. The summed E-state index contributed by atoms with van der Waals surface area (Å²) < 4.78 is 15.9. The summed E-state index contributed by atoms with van der Waals surface area (Å²) in [5.41, 5.74) is 1.14. The minimum atomic E-state index is 0.611. The third kappa shape index (κ3) is 9.37. The summed E-state index contributed by atoms with van der Waals surface area (Å²) in [6, 6.07) is 7.94. The molecule has 24 heavy (non-hydrogen) atoms. The van der Waals surface area contributed by atoms with Crippen molar-refractivity contribution in [3.05, 3.63) is 29.8 Å². The number of hydrogen-bond donors (Lipinski definition) is 2. The van der Waals surface area contributed by atoms with Crippen molar-refractivity contribution in [1.82, 2.24) is 10.6 Å². The molecular formula is C18H31N3O3. The molecule has 0 bridgehead atoms. The van der Waals surface area contributed by atoms with E-state index in [0.717, 1.165) is 56.6 Å². The summed E-state index contributed by atoms with van der Waals surface area (Å²) in [4.78, 5) is 4.62. The molecule has 0 saturated carbocycles. The van der Waals surface area contributed by atoms with Crippen LogP contribution in [-0.2, 0) is 16.0 Å². The molecule has 0 aliphatic carbocycles. The van der Waals surface area contributed by atoms with Crippen LogP contribution in [0.1, 0.15) is 25.8 Å². The van der Waals surface area contributed by atoms with E-state index in [-0.39, 0.29) is 0 Å². The summed E-state index contributed by atoms with van der Waals surface area (Å²) in [5, 5.41) is 6.61. The average molecular weight is 337 g/mol. The van der Waals surface area contributed by atoms with E-state index in [1.165, 1.54) is 0 Å². The van der Waals surface area contributed by atoms with E-state index in [0.29, 0.717) is 13.2 Å². The Morgan fingerprint density at radius 2 is 1.62 bits per heavy atom. The van der Waals surface area contributed by atoms with Gasteiger partial charge >= 0.3 is 0 Å². The Labute approximate surface area is 145 Å². The zero-order chi connectivity index (χ0) is 17.5. The van der Waals surface area contributed by atoms with E-state index in [9.17, 15) is 0 Å². The number of nitrogens with one attached hydrogen (secondary N) is 2. The van der Waals surface area contributed by atoms with Crippen LogP contribution in [0.25, 0.3) is 0 Å². The highest BCUT2D eigenvalue weighted by Crippen LogP contribution is 2.11. The minimum absolute atomic E-state index is 0.611. The van der Waals surface area contributed by atoms with Crippen LogP contribution in [0, 0.1) is 0 Å². The fourth-order valence-corrected chi connectivity index (χ4v) is 1.99. The van der Waals surface area contributed by atoms with Crippen LogP contribution >= 0.6 is 0 Å². The zero-order valence-corrected chi connectivity index (χ0v) is 15.1. The quantitative estimate of drug-likeness (QED) is 0.348. The van der Waals surface area contributed by atoms with Gasteiger partial charge in [-0.05, 0) is 38.0 Å². The zero-order valence-electron chi connectivity index (χ0n) is 15.1. The molecule has 6 nitrogen and oxygen atoms in total. The highest BCUT2D eigenvalue weighted by molar-refractivity contribution is 5.79. The first kappa shape index (κ1) is 20.3. The lowest BCUT2D eigenvalue weighted by Crippen LogP contribution is -2.39. The fourth-order valence-electron chi connectivity index (χ4n) is 1.99. The fraction of sp³-hybridized carbons (Fsp3) is 0.611. The summed E-state index contributed by atoms with van der Waals surface area (Å²) in [7, 11) is 1.67.